The Morgan fingerprint density at radius 2 is 2.11 bits per heavy atom. The molecule has 2 N–H and O–H groups in total. The van der Waals surface area contributed by atoms with E-state index in [-0.39, 0.29) is 12.6 Å². The van der Waals surface area contributed by atoms with Gasteiger partial charge in [0.1, 0.15) is 0 Å². The van der Waals surface area contributed by atoms with E-state index >= 15 is 0 Å². The van der Waals surface area contributed by atoms with E-state index in [1.807, 2.05) is 24.3 Å². The number of fused-ring (bicyclic) bond motifs is 1. The summed E-state index contributed by atoms with van der Waals surface area (Å²) in [5, 5.41) is 13.8. The Hall–Kier alpha value is -1.13. The monoisotopic (exact) mass is 308 g/mol. The van der Waals surface area contributed by atoms with E-state index in [0.717, 1.165) is 21.1 Å². The molecule has 18 heavy (non-hydrogen) atoms. The number of anilines is 1. The summed E-state index contributed by atoms with van der Waals surface area (Å²) in [4.78, 5) is 4.34. The first-order chi connectivity index (χ1) is 8.61. The molecule has 0 fully saturated rings. The SMILES string of the molecule is CC(C)[C@@H](CO)Nc1ccnc2ccc(Br)cc12. The standard InChI is InChI=1S/C14H17BrN2O/c1-9(2)14(8-18)17-13-5-6-16-12-4-3-10(15)7-11(12)13/h3-7,9,14,18H,8H2,1-2H3,(H,16,17)/t14-/m1/s1. The van der Waals surface area contributed by atoms with Crippen LogP contribution in [0.25, 0.3) is 10.9 Å². The predicted molar refractivity (Wildman–Crippen MR) is 78.8 cm³/mol. The van der Waals surface area contributed by atoms with Crippen LogP contribution in [0.4, 0.5) is 5.69 Å². The van der Waals surface area contributed by atoms with E-state index < -0.39 is 0 Å². The van der Waals surface area contributed by atoms with E-state index in [2.05, 4.69) is 40.1 Å². The molecule has 0 amide bonds. The van der Waals surface area contributed by atoms with Crippen molar-refractivity contribution in [3.63, 3.8) is 0 Å². The third-order valence-corrected chi connectivity index (χ3v) is 3.54. The largest absolute Gasteiger partial charge is 0.394 e. The number of nitrogens with one attached hydrogen (secondary N) is 1. The number of benzene rings is 1. The fraction of sp³-hybridized carbons (Fsp3) is 0.357. The summed E-state index contributed by atoms with van der Waals surface area (Å²) in [5.41, 5.74) is 1.96. The molecule has 0 spiro atoms. The summed E-state index contributed by atoms with van der Waals surface area (Å²) < 4.78 is 1.02. The van der Waals surface area contributed by atoms with Gasteiger partial charge >= 0.3 is 0 Å². The molecule has 0 aliphatic heterocycles. The van der Waals surface area contributed by atoms with Gasteiger partial charge < -0.3 is 10.4 Å². The Bertz CT molecular complexity index is 542. The van der Waals surface area contributed by atoms with E-state index in [4.69, 9.17) is 0 Å². The van der Waals surface area contributed by atoms with Gasteiger partial charge in [0.05, 0.1) is 18.2 Å². The molecule has 1 aromatic carbocycles. The molecule has 4 heteroatoms. The highest BCUT2D eigenvalue weighted by molar-refractivity contribution is 9.10. The second kappa shape index (κ2) is 5.67. The molecule has 0 aliphatic carbocycles. The number of hydrogen-bond acceptors (Lipinski definition) is 3. The highest BCUT2D eigenvalue weighted by Gasteiger charge is 2.13. The zero-order chi connectivity index (χ0) is 13.1. The van der Waals surface area contributed by atoms with Gasteiger partial charge in [-0.1, -0.05) is 29.8 Å². The lowest BCUT2D eigenvalue weighted by Crippen LogP contribution is -2.29. The average molecular weight is 309 g/mol. The molecule has 1 atom stereocenters. The molecule has 0 radical (unpaired) electrons. The van der Waals surface area contributed by atoms with Crippen molar-refractivity contribution in [2.24, 2.45) is 5.92 Å². The highest BCUT2D eigenvalue weighted by Crippen LogP contribution is 2.26. The molecule has 1 aromatic heterocycles. The topological polar surface area (TPSA) is 45.1 Å². The maximum atomic E-state index is 9.40. The summed E-state index contributed by atoms with van der Waals surface area (Å²) in [5.74, 6) is 0.366. The first kappa shape index (κ1) is 13.3. The predicted octanol–water partition coefficient (Wildman–Crippen LogP) is 3.43. The van der Waals surface area contributed by atoms with Gasteiger partial charge in [0, 0.05) is 21.7 Å². The van der Waals surface area contributed by atoms with Gasteiger partial charge in [0.15, 0.2) is 0 Å². The smallest absolute Gasteiger partial charge is 0.0723 e. The van der Waals surface area contributed by atoms with Crippen LogP contribution in [0.3, 0.4) is 0 Å². The van der Waals surface area contributed by atoms with Crippen LogP contribution in [0.5, 0.6) is 0 Å². The molecule has 0 bridgehead atoms. The van der Waals surface area contributed by atoms with Crippen molar-refractivity contribution in [2.45, 2.75) is 19.9 Å². The van der Waals surface area contributed by atoms with E-state index in [1.54, 1.807) is 6.20 Å². The van der Waals surface area contributed by atoms with Gasteiger partial charge in [-0.05, 0) is 30.2 Å². The van der Waals surface area contributed by atoms with Crippen LogP contribution in [0.15, 0.2) is 34.9 Å². The summed E-state index contributed by atoms with van der Waals surface area (Å²) in [6.45, 7) is 4.30. The fourth-order valence-corrected chi connectivity index (χ4v) is 2.23. The zero-order valence-electron chi connectivity index (χ0n) is 10.5. The Labute approximate surface area is 115 Å². The number of aliphatic hydroxyl groups is 1. The minimum Gasteiger partial charge on any atom is -0.394 e. The second-order valence-corrected chi connectivity index (χ2v) is 5.61. The Kier molecular flexibility index (Phi) is 4.19. The zero-order valence-corrected chi connectivity index (χ0v) is 12.1. The molecular formula is C14H17BrN2O. The molecule has 96 valence electrons. The minimum absolute atomic E-state index is 0.0505. The van der Waals surface area contributed by atoms with E-state index in [1.165, 1.54) is 0 Å². The van der Waals surface area contributed by atoms with Crippen molar-refractivity contribution in [1.82, 2.24) is 4.98 Å². The quantitative estimate of drug-likeness (QED) is 0.909. The molecule has 0 saturated heterocycles. The van der Waals surface area contributed by atoms with Gasteiger partial charge in [0.25, 0.3) is 0 Å². The van der Waals surface area contributed by atoms with Gasteiger partial charge in [0.2, 0.25) is 0 Å². The third kappa shape index (κ3) is 2.82. The number of pyridine rings is 1. The van der Waals surface area contributed by atoms with Crippen LogP contribution in [-0.4, -0.2) is 22.7 Å². The van der Waals surface area contributed by atoms with Crippen LogP contribution < -0.4 is 5.32 Å². The number of hydrogen-bond donors (Lipinski definition) is 2. The number of halogens is 1. The number of rotatable bonds is 4. The van der Waals surface area contributed by atoms with Gasteiger partial charge in [-0.25, -0.2) is 0 Å². The number of aliphatic hydroxyl groups excluding tert-OH is 1. The summed E-state index contributed by atoms with van der Waals surface area (Å²) in [7, 11) is 0. The maximum absolute atomic E-state index is 9.40. The fourth-order valence-electron chi connectivity index (χ4n) is 1.87. The first-order valence-corrected chi connectivity index (χ1v) is 6.83. The van der Waals surface area contributed by atoms with Crippen molar-refractivity contribution in [1.29, 1.82) is 0 Å². The van der Waals surface area contributed by atoms with E-state index in [0.29, 0.717) is 5.92 Å². The molecule has 0 aliphatic rings. The van der Waals surface area contributed by atoms with Crippen molar-refractivity contribution in [2.75, 3.05) is 11.9 Å². The maximum Gasteiger partial charge on any atom is 0.0723 e. The molecular weight excluding hydrogens is 292 g/mol. The molecule has 3 nitrogen and oxygen atoms in total. The molecule has 2 rings (SSSR count). The Balaban J connectivity index is 2.41. The van der Waals surface area contributed by atoms with Gasteiger partial charge in [-0.15, -0.1) is 0 Å². The minimum atomic E-state index is 0.0505. The molecule has 1 heterocycles. The molecule has 0 unspecified atom stereocenters. The third-order valence-electron chi connectivity index (χ3n) is 3.05. The average Bonchev–Trinajstić information content (AvgIpc) is 2.35. The van der Waals surface area contributed by atoms with Crippen molar-refractivity contribution >= 4 is 32.5 Å². The van der Waals surface area contributed by atoms with Crippen molar-refractivity contribution < 1.29 is 5.11 Å². The normalized spacial score (nSPS) is 12.9. The second-order valence-electron chi connectivity index (χ2n) is 4.70. The lowest BCUT2D eigenvalue weighted by Gasteiger charge is -2.22. The van der Waals surface area contributed by atoms with Crippen LogP contribution in [0, 0.1) is 5.92 Å². The van der Waals surface area contributed by atoms with Crippen LogP contribution in [0.1, 0.15) is 13.8 Å². The van der Waals surface area contributed by atoms with Crippen LogP contribution in [0.2, 0.25) is 0 Å². The van der Waals surface area contributed by atoms with Gasteiger partial charge in [-0.3, -0.25) is 4.98 Å². The van der Waals surface area contributed by atoms with Crippen molar-refractivity contribution in [3.8, 4) is 0 Å². The lowest BCUT2D eigenvalue weighted by molar-refractivity contribution is 0.249. The lowest BCUT2D eigenvalue weighted by atomic mass is 10.0. The number of aromatic nitrogens is 1. The van der Waals surface area contributed by atoms with E-state index in [9.17, 15) is 5.11 Å². The van der Waals surface area contributed by atoms with Gasteiger partial charge in [-0.2, -0.15) is 0 Å². The first-order valence-electron chi connectivity index (χ1n) is 6.03. The van der Waals surface area contributed by atoms with Crippen LogP contribution in [-0.2, 0) is 0 Å². The molecule has 0 saturated carbocycles. The molecule has 2 aromatic rings. The highest BCUT2D eigenvalue weighted by atomic mass is 79.9. The Morgan fingerprint density at radius 1 is 1.33 bits per heavy atom. The summed E-state index contributed by atoms with van der Waals surface area (Å²) >= 11 is 3.47. The summed E-state index contributed by atoms with van der Waals surface area (Å²) in [6, 6.07) is 7.99. The summed E-state index contributed by atoms with van der Waals surface area (Å²) in [6.07, 6.45) is 1.79. The van der Waals surface area contributed by atoms with Crippen molar-refractivity contribution in [3.05, 3.63) is 34.9 Å². The Morgan fingerprint density at radius 3 is 2.78 bits per heavy atom. The van der Waals surface area contributed by atoms with Crippen LogP contribution >= 0.6 is 15.9 Å². The number of nitrogens with zero attached hydrogens (tertiary/aromatic N) is 1.